The largest absolute Gasteiger partial charge is 0.479 e. The zero-order valence-corrected chi connectivity index (χ0v) is 13.9. The fourth-order valence-corrected chi connectivity index (χ4v) is 2.65. The maximum Gasteiger partial charge on any atom is 0.276 e. The van der Waals surface area contributed by atoms with Crippen LogP contribution in [0.1, 0.15) is 12.5 Å². The molecule has 0 saturated carbocycles. The minimum Gasteiger partial charge on any atom is -0.479 e. The second-order valence-corrected chi connectivity index (χ2v) is 5.38. The highest BCUT2D eigenvalue weighted by Gasteiger charge is 2.34. The highest BCUT2D eigenvalue weighted by atomic mass is 35.5. The quantitative estimate of drug-likeness (QED) is 0.481. The van der Waals surface area contributed by atoms with Gasteiger partial charge in [-0.2, -0.15) is 0 Å². The fraction of sp³-hybridized carbons (Fsp3) is 0.250. The molecule has 1 saturated heterocycles. The molecule has 1 aliphatic heterocycles. The van der Waals surface area contributed by atoms with Gasteiger partial charge in [0.1, 0.15) is 18.1 Å². The molecule has 0 unspecified atom stereocenters. The highest BCUT2D eigenvalue weighted by molar-refractivity contribution is 7.80. The third kappa shape index (κ3) is 3.08. The minimum absolute atomic E-state index is 0.112. The summed E-state index contributed by atoms with van der Waals surface area (Å²) in [5.41, 5.74) is 1.30. The molecule has 2 rings (SSSR count). The van der Waals surface area contributed by atoms with E-state index < -0.39 is 0 Å². The first-order valence-corrected chi connectivity index (χ1v) is 7.45. The Kier molecular flexibility index (Phi) is 5.07. The predicted octanol–water partition coefficient (Wildman–Crippen LogP) is 2.77. The van der Waals surface area contributed by atoms with Crippen molar-refractivity contribution >= 4 is 40.9 Å². The summed E-state index contributed by atoms with van der Waals surface area (Å²) in [5.74, 6) is 2.78. The van der Waals surface area contributed by atoms with Gasteiger partial charge in [-0.3, -0.25) is 9.69 Å². The molecule has 0 N–H and O–H groups in total. The zero-order valence-electron chi connectivity index (χ0n) is 12.3. The van der Waals surface area contributed by atoms with Gasteiger partial charge in [-0.05, 0) is 42.9 Å². The number of halogens is 1. The zero-order chi connectivity index (χ0) is 16.3. The van der Waals surface area contributed by atoms with E-state index in [4.69, 9.17) is 35.0 Å². The summed E-state index contributed by atoms with van der Waals surface area (Å²) in [6.45, 7) is 2.58. The van der Waals surface area contributed by atoms with E-state index in [1.165, 1.54) is 0 Å². The maximum absolute atomic E-state index is 12.3. The molecule has 0 aliphatic carbocycles. The van der Waals surface area contributed by atoms with Gasteiger partial charge in [0, 0.05) is 13.6 Å². The molecule has 6 heteroatoms. The van der Waals surface area contributed by atoms with Gasteiger partial charge in [-0.15, -0.1) is 6.42 Å². The Bertz CT molecular complexity index is 694. The summed E-state index contributed by atoms with van der Waals surface area (Å²) in [6.07, 6.45) is 6.90. The van der Waals surface area contributed by atoms with Crippen LogP contribution in [0.5, 0.6) is 5.75 Å². The van der Waals surface area contributed by atoms with Gasteiger partial charge >= 0.3 is 0 Å². The number of nitrogens with zero attached hydrogens (tertiary/aromatic N) is 2. The molecule has 22 heavy (non-hydrogen) atoms. The molecule has 0 atom stereocenters. The molecule has 0 spiro atoms. The van der Waals surface area contributed by atoms with Gasteiger partial charge < -0.3 is 9.64 Å². The second kappa shape index (κ2) is 6.82. The summed E-state index contributed by atoms with van der Waals surface area (Å²) in [7, 11) is 1.77. The number of carbonyl (C=O) groups excluding carboxylic acids is 1. The lowest BCUT2D eigenvalue weighted by Gasteiger charge is -2.13. The van der Waals surface area contributed by atoms with Crippen LogP contribution in [0.4, 0.5) is 0 Å². The minimum atomic E-state index is -0.112. The van der Waals surface area contributed by atoms with Crippen LogP contribution in [0.25, 0.3) is 6.08 Å². The van der Waals surface area contributed by atoms with E-state index in [0.29, 0.717) is 28.1 Å². The van der Waals surface area contributed by atoms with Crippen molar-refractivity contribution in [1.29, 1.82) is 0 Å². The molecule has 1 aromatic rings. The number of amides is 1. The summed E-state index contributed by atoms with van der Waals surface area (Å²) in [5, 5.41) is 0.937. The van der Waals surface area contributed by atoms with Gasteiger partial charge in [-0.25, -0.2) is 0 Å². The number of likely N-dealkylation sites (N-methyl/N-ethyl adjacent to an activating group) is 2. The van der Waals surface area contributed by atoms with E-state index in [0.717, 1.165) is 5.56 Å². The first kappa shape index (κ1) is 16.3. The molecule has 1 fully saturated rings. The van der Waals surface area contributed by atoms with Gasteiger partial charge in [0.15, 0.2) is 5.11 Å². The molecule has 0 radical (unpaired) electrons. The van der Waals surface area contributed by atoms with Crippen LogP contribution in [0.2, 0.25) is 5.02 Å². The first-order chi connectivity index (χ1) is 10.5. The second-order valence-electron chi connectivity index (χ2n) is 4.60. The SMILES string of the molecule is C#CCOc1ccc(/C=C2/C(=O)N(CC)C(=S)N2C)cc1Cl. The Labute approximate surface area is 140 Å². The Balaban J connectivity index is 2.30. The smallest absolute Gasteiger partial charge is 0.276 e. The molecule has 0 bridgehead atoms. The van der Waals surface area contributed by atoms with Crippen LogP contribution in [-0.2, 0) is 4.79 Å². The van der Waals surface area contributed by atoms with E-state index in [9.17, 15) is 4.79 Å². The molecule has 1 heterocycles. The van der Waals surface area contributed by atoms with Crippen molar-refractivity contribution in [2.75, 3.05) is 20.2 Å². The highest BCUT2D eigenvalue weighted by Crippen LogP contribution is 2.28. The Hall–Kier alpha value is -2.03. The Morgan fingerprint density at radius 1 is 1.50 bits per heavy atom. The molecule has 1 aromatic carbocycles. The van der Waals surface area contributed by atoms with Crippen LogP contribution in [0.15, 0.2) is 23.9 Å². The van der Waals surface area contributed by atoms with Crippen LogP contribution in [-0.4, -0.2) is 41.0 Å². The fourth-order valence-electron chi connectivity index (χ4n) is 2.09. The Morgan fingerprint density at radius 2 is 2.23 bits per heavy atom. The molecule has 114 valence electrons. The van der Waals surface area contributed by atoms with Crippen molar-refractivity contribution in [3.63, 3.8) is 0 Å². The molecular formula is C16H15ClN2O2S. The van der Waals surface area contributed by atoms with Crippen molar-refractivity contribution in [2.24, 2.45) is 0 Å². The van der Waals surface area contributed by atoms with E-state index in [1.54, 1.807) is 35.1 Å². The average molecular weight is 335 g/mol. The van der Waals surface area contributed by atoms with Gasteiger partial charge in [0.25, 0.3) is 5.91 Å². The third-order valence-corrected chi connectivity index (χ3v) is 4.02. The van der Waals surface area contributed by atoms with Crippen LogP contribution < -0.4 is 4.74 Å². The van der Waals surface area contributed by atoms with E-state index in [-0.39, 0.29) is 12.5 Å². The van der Waals surface area contributed by atoms with Crippen LogP contribution >= 0.6 is 23.8 Å². The van der Waals surface area contributed by atoms with Crippen molar-refractivity contribution in [1.82, 2.24) is 9.80 Å². The number of hydrogen-bond acceptors (Lipinski definition) is 3. The average Bonchev–Trinajstić information content (AvgIpc) is 2.70. The lowest BCUT2D eigenvalue weighted by atomic mass is 10.1. The lowest BCUT2D eigenvalue weighted by Crippen LogP contribution is -2.30. The lowest BCUT2D eigenvalue weighted by molar-refractivity contribution is -0.122. The number of carbonyl (C=O) groups is 1. The van der Waals surface area contributed by atoms with Gasteiger partial charge in [0.05, 0.1) is 5.02 Å². The van der Waals surface area contributed by atoms with E-state index in [2.05, 4.69) is 5.92 Å². The Morgan fingerprint density at radius 3 is 2.77 bits per heavy atom. The summed E-state index contributed by atoms with van der Waals surface area (Å²) < 4.78 is 5.31. The first-order valence-electron chi connectivity index (χ1n) is 6.66. The van der Waals surface area contributed by atoms with Crippen molar-refractivity contribution in [2.45, 2.75) is 6.92 Å². The van der Waals surface area contributed by atoms with E-state index in [1.807, 2.05) is 13.0 Å². The summed E-state index contributed by atoms with van der Waals surface area (Å²) in [4.78, 5) is 15.5. The van der Waals surface area contributed by atoms with Crippen molar-refractivity contribution in [3.8, 4) is 18.1 Å². The number of terminal acetylenes is 1. The number of ether oxygens (including phenoxy) is 1. The van der Waals surface area contributed by atoms with Crippen molar-refractivity contribution in [3.05, 3.63) is 34.5 Å². The van der Waals surface area contributed by atoms with E-state index >= 15 is 0 Å². The monoisotopic (exact) mass is 334 g/mol. The summed E-state index contributed by atoms with van der Waals surface area (Å²) >= 11 is 11.4. The summed E-state index contributed by atoms with van der Waals surface area (Å²) in [6, 6.07) is 5.25. The number of thiocarbonyl (C=S) groups is 1. The van der Waals surface area contributed by atoms with Gasteiger partial charge in [-0.1, -0.05) is 23.6 Å². The number of hydrogen-bond donors (Lipinski definition) is 0. The standard InChI is InChI=1S/C16H15ClN2O2S/c1-4-8-21-14-7-6-11(9-12(14)17)10-13-15(20)19(5-2)16(22)18(13)3/h1,6-7,9-10H,5,8H2,2-3H3/b13-10-. The molecule has 1 aliphatic rings. The molecular weight excluding hydrogens is 320 g/mol. The van der Waals surface area contributed by atoms with Crippen LogP contribution in [0, 0.1) is 12.3 Å². The number of rotatable bonds is 4. The van der Waals surface area contributed by atoms with Crippen LogP contribution in [0.3, 0.4) is 0 Å². The molecule has 1 amide bonds. The predicted molar refractivity (Wildman–Crippen MR) is 91.5 cm³/mol. The van der Waals surface area contributed by atoms with Crippen molar-refractivity contribution < 1.29 is 9.53 Å². The third-order valence-electron chi connectivity index (χ3n) is 3.23. The topological polar surface area (TPSA) is 32.8 Å². The van der Waals surface area contributed by atoms with Gasteiger partial charge in [0.2, 0.25) is 0 Å². The molecule has 4 nitrogen and oxygen atoms in total. The maximum atomic E-state index is 12.3. The molecule has 0 aromatic heterocycles. The normalized spacial score (nSPS) is 16.4. The number of benzene rings is 1.